The summed E-state index contributed by atoms with van der Waals surface area (Å²) in [5, 5.41) is 20.0. The van der Waals surface area contributed by atoms with Crippen molar-refractivity contribution in [1.29, 1.82) is 0 Å². The maximum absolute atomic E-state index is 11.2. The largest absolute Gasteiger partial charge is 0.394 e. The molecule has 14 heavy (non-hydrogen) atoms. The normalized spacial score (nSPS) is 20.2. The molecule has 0 aromatic rings. The number of carbonyl (C=O) groups excluding carboxylic acids is 1. The van der Waals surface area contributed by atoms with Crippen LogP contribution in [0.4, 0.5) is 0 Å². The van der Waals surface area contributed by atoms with Gasteiger partial charge in [-0.2, -0.15) is 0 Å². The molecule has 5 N–H and O–H groups in total. The first kappa shape index (κ1) is 11.4. The summed E-state index contributed by atoms with van der Waals surface area (Å²) >= 11 is 0. The molecule has 1 fully saturated rings. The Kier molecular flexibility index (Phi) is 4.31. The van der Waals surface area contributed by atoms with Crippen LogP contribution in [-0.2, 0) is 4.79 Å². The fourth-order valence-electron chi connectivity index (χ4n) is 1.27. The average Bonchev–Trinajstić information content (AvgIpc) is 2.97. The lowest BCUT2D eigenvalue weighted by atomic mass is 10.1. The molecule has 82 valence electrons. The van der Waals surface area contributed by atoms with Crippen molar-refractivity contribution in [2.45, 2.75) is 31.4 Å². The van der Waals surface area contributed by atoms with Crippen molar-refractivity contribution < 1.29 is 15.0 Å². The van der Waals surface area contributed by atoms with Gasteiger partial charge in [0.05, 0.1) is 12.7 Å². The molecular formula is C9H18N2O3. The minimum absolute atomic E-state index is 0.0544. The molecule has 2 atom stereocenters. The van der Waals surface area contributed by atoms with Crippen LogP contribution >= 0.6 is 0 Å². The molecule has 1 aliphatic rings. The van der Waals surface area contributed by atoms with Gasteiger partial charge in [0.2, 0.25) is 5.91 Å². The molecule has 5 heteroatoms. The Morgan fingerprint density at radius 1 is 1.57 bits per heavy atom. The zero-order chi connectivity index (χ0) is 10.6. The van der Waals surface area contributed by atoms with E-state index in [9.17, 15) is 4.79 Å². The van der Waals surface area contributed by atoms with Crippen molar-refractivity contribution >= 4 is 5.91 Å². The lowest BCUT2D eigenvalue weighted by molar-refractivity contribution is -0.122. The third kappa shape index (κ3) is 4.04. The number of carbonyl (C=O) groups is 1. The van der Waals surface area contributed by atoms with Crippen LogP contribution in [-0.4, -0.2) is 41.4 Å². The Morgan fingerprint density at radius 3 is 2.71 bits per heavy atom. The first-order chi connectivity index (χ1) is 6.63. The topological polar surface area (TPSA) is 95.6 Å². The van der Waals surface area contributed by atoms with Gasteiger partial charge in [-0.25, -0.2) is 0 Å². The zero-order valence-electron chi connectivity index (χ0n) is 8.15. The molecule has 0 aromatic heterocycles. The van der Waals surface area contributed by atoms with Gasteiger partial charge in [-0.3, -0.25) is 4.79 Å². The summed E-state index contributed by atoms with van der Waals surface area (Å²) in [6, 6.07) is -0.0544. The van der Waals surface area contributed by atoms with E-state index < -0.39 is 6.10 Å². The molecule has 0 bridgehead atoms. The minimum Gasteiger partial charge on any atom is -0.394 e. The van der Waals surface area contributed by atoms with Crippen molar-refractivity contribution in [3.8, 4) is 0 Å². The first-order valence-electron chi connectivity index (χ1n) is 4.94. The molecule has 0 heterocycles. The molecule has 5 nitrogen and oxygen atoms in total. The van der Waals surface area contributed by atoms with Gasteiger partial charge in [0.15, 0.2) is 0 Å². The summed E-state index contributed by atoms with van der Waals surface area (Å²) in [4.78, 5) is 11.2. The van der Waals surface area contributed by atoms with Gasteiger partial charge < -0.3 is 21.3 Å². The molecule has 1 rings (SSSR count). The van der Waals surface area contributed by atoms with Crippen LogP contribution in [0.1, 0.15) is 19.3 Å². The number of nitrogens with two attached hydrogens (primary N) is 1. The van der Waals surface area contributed by atoms with E-state index in [0.29, 0.717) is 12.3 Å². The van der Waals surface area contributed by atoms with Crippen molar-refractivity contribution in [3.05, 3.63) is 0 Å². The van der Waals surface area contributed by atoms with Crippen molar-refractivity contribution in [2.75, 3.05) is 13.2 Å². The molecule has 0 aromatic carbocycles. The molecule has 2 unspecified atom stereocenters. The Labute approximate surface area is 83.3 Å². The number of aliphatic hydroxyl groups excluding tert-OH is 2. The minimum atomic E-state index is -0.879. The Morgan fingerprint density at radius 2 is 2.21 bits per heavy atom. The summed E-state index contributed by atoms with van der Waals surface area (Å²) < 4.78 is 0. The fourth-order valence-corrected chi connectivity index (χ4v) is 1.27. The van der Waals surface area contributed by atoms with Gasteiger partial charge in [-0.05, 0) is 18.8 Å². The van der Waals surface area contributed by atoms with E-state index in [1.54, 1.807) is 0 Å². The summed E-state index contributed by atoms with van der Waals surface area (Å²) in [5.74, 6) is 0.348. The van der Waals surface area contributed by atoms with Crippen LogP contribution in [0, 0.1) is 5.92 Å². The van der Waals surface area contributed by atoms with Gasteiger partial charge in [-0.15, -0.1) is 0 Å². The summed E-state index contributed by atoms with van der Waals surface area (Å²) in [6.45, 7) is -0.248. The maximum atomic E-state index is 11.2. The van der Waals surface area contributed by atoms with E-state index in [2.05, 4.69) is 5.32 Å². The monoisotopic (exact) mass is 202 g/mol. The van der Waals surface area contributed by atoms with Gasteiger partial charge >= 0.3 is 0 Å². The Hall–Kier alpha value is -0.650. The number of rotatable bonds is 6. The van der Waals surface area contributed by atoms with Crippen LogP contribution in [0.15, 0.2) is 0 Å². The van der Waals surface area contributed by atoms with E-state index >= 15 is 0 Å². The van der Waals surface area contributed by atoms with Crippen LogP contribution < -0.4 is 11.1 Å². The lowest BCUT2D eigenvalue weighted by Gasteiger charge is -2.12. The van der Waals surface area contributed by atoms with Gasteiger partial charge in [0.1, 0.15) is 0 Å². The Balaban J connectivity index is 2.08. The average molecular weight is 202 g/mol. The Bertz CT molecular complexity index is 194. The molecule has 1 saturated carbocycles. The van der Waals surface area contributed by atoms with E-state index in [1.165, 1.54) is 0 Å². The van der Waals surface area contributed by atoms with E-state index in [4.69, 9.17) is 15.9 Å². The second kappa shape index (κ2) is 5.29. The van der Waals surface area contributed by atoms with Gasteiger partial charge in [0, 0.05) is 19.0 Å². The smallest absolute Gasteiger partial charge is 0.221 e. The third-order valence-electron chi connectivity index (χ3n) is 2.39. The maximum Gasteiger partial charge on any atom is 0.221 e. The second-order valence-corrected chi connectivity index (χ2v) is 3.85. The predicted octanol–water partition coefficient (Wildman–Crippen LogP) is -1.42. The molecule has 0 aliphatic heterocycles. The van der Waals surface area contributed by atoms with Crippen molar-refractivity contribution in [1.82, 2.24) is 5.32 Å². The highest BCUT2D eigenvalue weighted by Gasteiger charge is 2.29. The molecule has 1 amide bonds. The first-order valence-corrected chi connectivity index (χ1v) is 4.94. The van der Waals surface area contributed by atoms with Crippen LogP contribution in [0.25, 0.3) is 0 Å². The van der Waals surface area contributed by atoms with E-state index in [1.807, 2.05) is 0 Å². The van der Waals surface area contributed by atoms with Crippen LogP contribution in [0.2, 0.25) is 0 Å². The summed E-state index contributed by atoms with van der Waals surface area (Å²) in [5.41, 5.74) is 5.75. The highest BCUT2D eigenvalue weighted by molar-refractivity contribution is 5.76. The summed E-state index contributed by atoms with van der Waals surface area (Å²) in [6.07, 6.45) is 1.67. The standard InChI is InChI=1S/C9H18N2O3/c10-8(6-1-2-6)3-9(14)11-4-7(13)5-12/h6-8,12-13H,1-5,10H2,(H,11,14). The SMILES string of the molecule is NC(CC(=O)NCC(O)CO)C1CC1. The molecular weight excluding hydrogens is 184 g/mol. The zero-order valence-corrected chi connectivity index (χ0v) is 8.15. The number of aliphatic hydroxyl groups is 2. The highest BCUT2D eigenvalue weighted by Crippen LogP contribution is 2.32. The number of hydrogen-bond donors (Lipinski definition) is 4. The molecule has 1 aliphatic carbocycles. The number of hydrogen-bond acceptors (Lipinski definition) is 4. The third-order valence-corrected chi connectivity index (χ3v) is 2.39. The van der Waals surface area contributed by atoms with Crippen LogP contribution in [0.3, 0.4) is 0 Å². The molecule has 0 radical (unpaired) electrons. The van der Waals surface area contributed by atoms with Crippen molar-refractivity contribution in [3.63, 3.8) is 0 Å². The fraction of sp³-hybridized carbons (Fsp3) is 0.889. The quantitative estimate of drug-likeness (QED) is 0.425. The van der Waals surface area contributed by atoms with Gasteiger partial charge in [0.25, 0.3) is 0 Å². The molecule has 0 saturated heterocycles. The van der Waals surface area contributed by atoms with E-state index in [0.717, 1.165) is 12.8 Å². The molecule has 0 spiro atoms. The van der Waals surface area contributed by atoms with Crippen LogP contribution in [0.5, 0.6) is 0 Å². The highest BCUT2D eigenvalue weighted by atomic mass is 16.3. The van der Waals surface area contributed by atoms with Crippen molar-refractivity contribution in [2.24, 2.45) is 11.7 Å². The second-order valence-electron chi connectivity index (χ2n) is 3.85. The number of nitrogens with one attached hydrogen (secondary N) is 1. The number of amides is 1. The van der Waals surface area contributed by atoms with E-state index in [-0.39, 0.29) is 25.1 Å². The van der Waals surface area contributed by atoms with Gasteiger partial charge in [-0.1, -0.05) is 0 Å². The summed E-state index contributed by atoms with van der Waals surface area (Å²) in [7, 11) is 0. The predicted molar refractivity (Wildman–Crippen MR) is 51.4 cm³/mol. The lowest BCUT2D eigenvalue weighted by Crippen LogP contribution is -2.37.